The second-order valence-electron chi connectivity index (χ2n) is 6.67. The molecule has 1 aliphatic carbocycles. The maximum atomic E-state index is 6.23. The van der Waals surface area contributed by atoms with Crippen molar-refractivity contribution < 1.29 is 0 Å². The number of halogens is 1. The zero-order valence-electron chi connectivity index (χ0n) is 12.3. The Morgan fingerprint density at radius 1 is 1.29 bits per heavy atom. The number of rotatable bonds is 2. The van der Waals surface area contributed by atoms with Gasteiger partial charge in [0, 0.05) is 28.8 Å². The number of hydrogen-bond donors (Lipinski definition) is 1. The lowest BCUT2D eigenvalue weighted by Gasteiger charge is -2.36. The molecule has 0 radical (unpaired) electrons. The molecule has 2 fully saturated rings. The van der Waals surface area contributed by atoms with E-state index in [9.17, 15) is 0 Å². The van der Waals surface area contributed by atoms with Gasteiger partial charge in [-0.15, -0.1) is 0 Å². The molecule has 1 saturated heterocycles. The van der Waals surface area contributed by atoms with Crippen LogP contribution in [0.1, 0.15) is 26.2 Å². The summed E-state index contributed by atoms with van der Waals surface area (Å²) in [6, 6.07) is 9.83. The Labute approximate surface area is 134 Å². The third kappa shape index (κ3) is 2.18. The molecule has 2 unspecified atom stereocenters. The number of nitrogens with zero attached hydrogens (tertiary/aromatic N) is 3. The minimum atomic E-state index is 0.0555. The Morgan fingerprint density at radius 3 is 2.67 bits per heavy atom. The van der Waals surface area contributed by atoms with E-state index in [4.69, 9.17) is 5.73 Å². The molecule has 2 heterocycles. The van der Waals surface area contributed by atoms with E-state index in [1.165, 1.54) is 12.8 Å². The minimum absolute atomic E-state index is 0.0555. The number of anilines is 1. The molecule has 1 aromatic carbocycles. The summed E-state index contributed by atoms with van der Waals surface area (Å²) in [4.78, 5) is 9.53. The Bertz CT molecular complexity index is 580. The highest BCUT2D eigenvalue weighted by molar-refractivity contribution is 9.10. The Balaban J connectivity index is 1.67. The molecule has 1 aromatic rings. The minimum Gasteiger partial charge on any atom is -0.369 e. The van der Waals surface area contributed by atoms with E-state index in [2.05, 4.69) is 61.9 Å². The predicted molar refractivity (Wildman–Crippen MR) is 89.6 cm³/mol. The molecular formula is C16H21BrN4. The molecule has 2 atom stereocenters. The van der Waals surface area contributed by atoms with Crippen LogP contribution in [-0.2, 0) is 0 Å². The first-order valence-electron chi connectivity index (χ1n) is 7.71. The SMILES string of the molecule is CC1CC2(CN=C(N)N2c2ccc(Br)cc2)CN1C1CC1. The molecule has 0 aromatic heterocycles. The first kappa shape index (κ1) is 13.6. The van der Waals surface area contributed by atoms with Gasteiger partial charge in [-0.05, 0) is 50.5 Å². The third-order valence-corrected chi connectivity index (χ3v) is 5.59. The standard InChI is InChI=1S/C16H21BrN4/c1-11-8-16(10-20(11)13-6-7-13)9-19-15(18)21(16)14-4-2-12(17)3-5-14/h2-5,11,13H,6-10H2,1H3,(H2,18,19). The molecule has 0 bridgehead atoms. The molecule has 0 amide bonds. The van der Waals surface area contributed by atoms with Gasteiger partial charge in [-0.3, -0.25) is 9.89 Å². The summed E-state index contributed by atoms with van der Waals surface area (Å²) in [7, 11) is 0. The molecule has 1 saturated carbocycles. The van der Waals surface area contributed by atoms with Gasteiger partial charge in [0.15, 0.2) is 5.96 Å². The van der Waals surface area contributed by atoms with Gasteiger partial charge in [-0.25, -0.2) is 0 Å². The summed E-state index contributed by atoms with van der Waals surface area (Å²) in [6.45, 7) is 4.25. The van der Waals surface area contributed by atoms with E-state index >= 15 is 0 Å². The highest BCUT2D eigenvalue weighted by Gasteiger charge is 2.53. The van der Waals surface area contributed by atoms with Crippen molar-refractivity contribution in [2.45, 2.75) is 43.8 Å². The second kappa shape index (κ2) is 4.71. The monoisotopic (exact) mass is 348 g/mol. The average Bonchev–Trinajstić information content (AvgIpc) is 3.18. The number of hydrogen-bond acceptors (Lipinski definition) is 4. The van der Waals surface area contributed by atoms with Crippen molar-refractivity contribution in [2.24, 2.45) is 10.7 Å². The van der Waals surface area contributed by atoms with Gasteiger partial charge in [0.25, 0.3) is 0 Å². The second-order valence-corrected chi connectivity index (χ2v) is 7.58. The van der Waals surface area contributed by atoms with Crippen molar-refractivity contribution in [3.63, 3.8) is 0 Å². The number of likely N-dealkylation sites (tertiary alicyclic amines) is 1. The molecule has 3 aliphatic rings. The van der Waals surface area contributed by atoms with E-state index in [1.54, 1.807) is 0 Å². The Kier molecular flexibility index (Phi) is 3.05. The molecular weight excluding hydrogens is 328 g/mol. The van der Waals surface area contributed by atoms with Gasteiger partial charge in [-0.1, -0.05) is 15.9 Å². The summed E-state index contributed by atoms with van der Waals surface area (Å²) >= 11 is 3.50. The number of guanidine groups is 1. The molecule has 2 aliphatic heterocycles. The molecule has 4 nitrogen and oxygen atoms in total. The molecule has 21 heavy (non-hydrogen) atoms. The van der Waals surface area contributed by atoms with Crippen LogP contribution in [0.3, 0.4) is 0 Å². The maximum Gasteiger partial charge on any atom is 0.196 e. The topological polar surface area (TPSA) is 44.9 Å². The quantitative estimate of drug-likeness (QED) is 0.893. The van der Waals surface area contributed by atoms with Crippen LogP contribution >= 0.6 is 15.9 Å². The summed E-state index contributed by atoms with van der Waals surface area (Å²) in [6.07, 6.45) is 3.86. The molecule has 5 heteroatoms. The van der Waals surface area contributed by atoms with Gasteiger partial charge in [0.2, 0.25) is 0 Å². The van der Waals surface area contributed by atoms with Crippen LogP contribution in [0.15, 0.2) is 33.7 Å². The van der Waals surface area contributed by atoms with Crippen LogP contribution in [0, 0.1) is 0 Å². The number of benzene rings is 1. The van der Waals surface area contributed by atoms with Crippen LogP contribution in [0.4, 0.5) is 5.69 Å². The fourth-order valence-electron chi connectivity index (χ4n) is 4.01. The van der Waals surface area contributed by atoms with Gasteiger partial charge < -0.3 is 10.6 Å². The molecule has 2 N–H and O–H groups in total. The van der Waals surface area contributed by atoms with Crippen LogP contribution in [0.25, 0.3) is 0 Å². The lowest BCUT2D eigenvalue weighted by Crippen LogP contribution is -2.53. The Hall–Kier alpha value is -1.07. The fourth-order valence-corrected chi connectivity index (χ4v) is 4.27. The highest BCUT2D eigenvalue weighted by Crippen LogP contribution is 2.43. The van der Waals surface area contributed by atoms with Gasteiger partial charge in [-0.2, -0.15) is 0 Å². The predicted octanol–water partition coefficient (Wildman–Crippen LogP) is 2.58. The number of aliphatic imine (C=N–C) groups is 1. The van der Waals surface area contributed by atoms with Gasteiger partial charge >= 0.3 is 0 Å². The van der Waals surface area contributed by atoms with Crippen molar-refractivity contribution in [1.82, 2.24) is 4.90 Å². The third-order valence-electron chi connectivity index (χ3n) is 5.06. The lowest BCUT2D eigenvalue weighted by atomic mass is 9.94. The zero-order chi connectivity index (χ0) is 14.6. The van der Waals surface area contributed by atoms with E-state index in [0.29, 0.717) is 12.0 Å². The largest absolute Gasteiger partial charge is 0.369 e. The first-order valence-corrected chi connectivity index (χ1v) is 8.50. The zero-order valence-corrected chi connectivity index (χ0v) is 13.9. The Morgan fingerprint density at radius 2 is 2.00 bits per heavy atom. The summed E-state index contributed by atoms with van der Waals surface area (Å²) in [5.74, 6) is 0.669. The summed E-state index contributed by atoms with van der Waals surface area (Å²) in [5.41, 5.74) is 7.44. The smallest absolute Gasteiger partial charge is 0.196 e. The first-order chi connectivity index (χ1) is 10.1. The van der Waals surface area contributed by atoms with Crippen LogP contribution in [-0.4, -0.2) is 41.6 Å². The van der Waals surface area contributed by atoms with Crippen LogP contribution < -0.4 is 10.6 Å². The fraction of sp³-hybridized carbons (Fsp3) is 0.562. The van der Waals surface area contributed by atoms with Crippen molar-refractivity contribution in [1.29, 1.82) is 0 Å². The van der Waals surface area contributed by atoms with Crippen molar-refractivity contribution in [3.8, 4) is 0 Å². The lowest BCUT2D eigenvalue weighted by molar-refractivity contribution is 0.251. The van der Waals surface area contributed by atoms with Gasteiger partial charge in [0.05, 0.1) is 12.1 Å². The molecule has 112 valence electrons. The average molecular weight is 349 g/mol. The van der Waals surface area contributed by atoms with Crippen molar-refractivity contribution in [3.05, 3.63) is 28.7 Å². The van der Waals surface area contributed by atoms with Crippen molar-refractivity contribution in [2.75, 3.05) is 18.0 Å². The van der Waals surface area contributed by atoms with E-state index < -0.39 is 0 Å². The summed E-state index contributed by atoms with van der Waals surface area (Å²) in [5, 5.41) is 0. The van der Waals surface area contributed by atoms with Crippen LogP contribution in [0.2, 0.25) is 0 Å². The van der Waals surface area contributed by atoms with E-state index in [0.717, 1.165) is 35.7 Å². The van der Waals surface area contributed by atoms with Crippen LogP contribution in [0.5, 0.6) is 0 Å². The van der Waals surface area contributed by atoms with Gasteiger partial charge in [0.1, 0.15) is 0 Å². The molecule has 4 rings (SSSR count). The number of nitrogens with two attached hydrogens (primary N) is 1. The highest BCUT2D eigenvalue weighted by atomic mass is 79.9. The van der Waals surface area contributed by atoms with E-state index in [1.807, 2.05) is 0 Å². The normalized spacial score (nSPS) is 33.0. The maximum absolute atomic E-state index is 6.23. The molecule has 1 spiro atoms. The van der Waals surface area contributed by atoms with E-state index in [-0.39, 0.29) is 5.54 Å². The van der Waals surface area contributed by atoms with Crippen molar-refractivity contribution >= 4 is 27.6 Å². The summed E-state index contributed by atoms with van der Waals surface area (Å²) < 4.78 is 1.09.